The average molecular weight is 391 g/mol. The van der Waals surface area contributed by atoms with Gasteiger partial charge in [-0.15, -0.1) is 0 Å². The molecular weight excluding hydrogens is 370 g/mol. The van der Waals surface area contributed by atoms with Crippen LogP contribution in [0.1, 0.15) is 31.4 Å². The Balaban J connectivity index is 1.69. The minimum absolute atomic E-state index is 0.111. The van der Waals surface area contributed by atoms with Gasteiger partial charge in [-0.3, -0.25) is 14.8 Å². The van der Waals surface area contributed by atoms with Gasteiger partial charge in [0.05, 0.1) is 0 Å². The number of amides is 1. The maximum absolute atomic E-state index is 13.2. The number of para-hydroxylation sites is 3. The highest BCUT2D eigenvalue weighted by Crippen LogP contribution is 2.26. The second-order valence-corrected chi connectivity index (χ2v) is 6.94. The van der Waals surface area contributed by atoms with Gasteiger partial charge in [0, 0.05) is 23.0 Å². The molecule has 0 bridgehead atoms. The van der Waals surface area contributed by atoms with E-state index in [1.807, 2.05) is 42.5 Å². The van der Waals surface area contributed by atoms with E-state index in [0.29, 0.717) is 40.8 Å². The zero-order valence-electron chi connectivity index (χ0n) is 15.8. The molecule has 0 radical (unpaired) electrons. The summed E-state index contributed by atoms with van der Waals surface area (Å²) in [6.45, 7) is 0. The van der Waals surface area contributed by atoms with E-state index in [1.54, 1.807) is 11.5 Å². The molecule has 29 heavy (non-hydrogen) atoms. The number of hydroxylamine groups is 1. The zero-order valence-corrected chi connectivity index (χ0v) is 15.8. The van der Waals surface area contributed by atoms with E-state index in [2.05, 4.69) is 9.97 Å². The summed E-state index contributed by atoms with van der Waals surface area (Å²) in [5, 5.41) is 9.16. The molecule has 0 atom stereocenters. The number of nitrogens with one attached hydrogen (secondary N) is 2. The van der Waals surface area contributed by atoms with Gasteiger partial charge in [0.2, 0.25) is 17.2 Å². The number of unbranched alkanes of at least 4 members (excludes halogenated alkanes) is 2. The molecule has 4 rings (SSSR count). The summed E-state index contributed by atoms with van der Waals surface area (Å²) >= 11 is 0. The normalized spacial score (nSPS) is 11.2. The van der Waals surface area contributed by atoms with Crippen LogP contribution in [0.25, 0.3) is 33.5 Å². The van der Waals surface area contributed by atoms with Crippen molar-refractivity contribution in [2.45, 2.75) is 32.1 Å². The van der Waals surface area contributed by atoms with E-state index in [0.717, 1.165) is 24.1 Å². The van der Waals surface area contributed by atoms with E-state index in [9.17, 15) is 9.59 Å². The van der Waals surface area contributed by atoms with Crippen molar-refractivity contribution in [3.8, 4) is 11.5 Å². The Kier molecular flexibility index (Phi) is 5.39. The fourth-order valence-electron chi connectivity index (χ4n) is 3.50. The van der Waals surface area contributed by atoms with Crippen LogP contribution in [0.2, 0.25) is 0 Å². The number of hydrogen-bond acceptors (Lipinski definition) is 5. The Morgan fingerprint density at radius 1 is 1.07 bits per heavy atom. The molecule has 3 N–H and O–H groups in total. The Hall–Kier alpha value is -3.45. The molecule has 2 heterocycles. The summed E-state index contributed by atoms with van der Waals surface area (Å²) in [6.07, 6.45) is 3.11. The van der Waals surface area contributed by atoms with Gasteiger partial charge in [-0.05, 0) is 43.5 Å². The molecule has 0 saturated carbocycles. The van der Waals surface area contributed by atoms with Crippen molar-refractivity contribution in [2.24, 2.45) is 0 Å². The molecule has 148 valence electrons. The smallest absolute Gasteiger partial charge is 0.243 e. The van der Waals surface area contributed by atoms with Crippen LogP contribution in [-0.2, 0) is 11.2 Å². The predicted molar refractivity (Wildman–Crippen MR) is 110 cm³/mol. The van der Waals surface area contributed by atoms with Crippen LogP contribution in [0.5, 0.6) is 0 Å². The number of H-pyrrole nitrogens is 1. The van der Waals surface area contributed by atoms with E-state index < -0.39 is 5.91 Å². The minimum Gasteiger partial charge on any atom is -0.436 e. The number of aryl methyl sites for hydroxylation is 1. The van der Waals surface area contributed by atoms with Crippen molar-refractivity contribution in [1.29, 1.82) is 0 Å². The minimum atomic E-state index is -0.392. The van der Waals surface area contributed by atoms with Crippen molar-refractivity contribution in [3.63, 3.8) is 0 Å². The van der Waals surface area contributed by atoms with Gasteiger partial charge in [0.25, 0.3) is 0 Å². The number of carbonyl (C=O) groups excluding carboxylic acids is 1. The largest absolute Gasteiger partial charge is 0.436 e. The van der Waals surface area contributed by atoms with Gasteiger partial charge in [-0.25, -0.2) is 10.5 Å². The van der Waals surface area contributed by atoms with Gasteiger partial charge in [0.15, 0.2) is 5.58 Å². The number of hydrogen-bond donors (Lipinski definition) is 3. The first kappa shape index (κ1) is 18.9. The predicted octanol–water partition coefficient (Wildman–Crippen LogP) is 3.94. The van der Waals surface area contributed by atoms with E-state index >= 15 is 0 Å². The molecule has 7 nitrogen and oxygen atoms in total. The van der Waals surface area contributed by atoms with Gasteiger partial charge in [0.1, 0.15) is 11.1 Å². The van der Waals surface area contributed by atoms with Gasteiger partial charge in [-0.2, -0.15) is 0 Å². The lowest BCUT2D eigenvalue weighted by molar-refractivity contribution is -0.129. The second-order valence-electron chi connectivity index (χ2n) is 6.94. The third kappa shape index (κ3) is 3.90. The van der Waals surface area contributed by atoms with Crippen LogP contribution in [0, 0.1) is 0 Å². The fourth-order valence-corrected chi connectivity index (χ4v) is 3.50. The van der Waals surface area contributed by atoms with E-state index in [-0.39, 0.29) is 11.8 Å². The standard InChI is InChI=1S/C22H21N3O4/c26-19(25-28)13-3-1-2-11-17-20(21(27)14-8-4-5-9-15(14)23-17)22-24-16-10-6-7-12-18(16)29-22/h4-10,12,28H,1-3,11,13H2,(H,23,27)(H,25,26). The summed E-state index contributed by atoms with van der Waals surface area (Å²) in [7, 11) is 0. The average Bonchev–Trinajstić information content (AvgIpc) is 3.17. The number of benzene rings is 2. The second kappa shape index (κ2) is 8.28. The lowest BCUT2D eigenvalue weighted by atomic mass is 10.0. The summed E-state index contributed by atoms with van der Waals surface area (Å²) in [5.41, 5.74) is 4.86. The molecule has 2 aromatic heterocycles. The molecule has 0 spiro atoms. The molecule has 7 heteroatoms. The number of aromatic amines is 1. The van der Waals surface area contributed by atoms with Crippen molar-refractivity contribution in [3.05, 3.63) is 64.4 Å². The van der Waals surface area contributed by atoms with Gasteiger partial charge >= 0.3 is 0 Å². The maximum atomic E-state index is 13.2. The van der Waals surface area contributed by atoms with Crippen molar-refractivity contribution >= 4 is 27.9 Å². The van der Waals surface area contributed by atoms with Crippen LogP contribution < -0.4 is 10.9 Å². The SMILES string of the molecule is O=C(CCCCCc1[nH]c2ccccc2c(=O)c1-c1nc2ccccc2o1)NO. The molecular formula is C22H21N3O4. The van der Waals surface area contributed by atoms with Crippen molar-refractivity contribution in [1.82, 2.24) is 15.4 Å². The number of oxazole rings is 1. The van der Waals surface area contributed by atoms with Gasteiger partial charge in [-0.1, -0.05) is 30.7 Å². The third-order valence-electron chi connectivity index (χ3n) is 4.95. The van der Waals surface area contributed by atoms with Crippen LogP contribution in [0.3, 0.4) is 0 Å². The molecule has 1 amide bonds. The molecule has 0 aliphatic carbocycles. The molecule has 0 unspecified atom stereocenters. The van der Waals surface area contributed by atoms with Crippen molar-refractivity contribution < 1.29 is 14.4 Å². The Bertz CT molecular complexity index is 1190. The number of carbonyl (C=O) groups is 1. The number of rotatable bonds is 7. The first-order chi connectivity index (χ1) is 14.2. The number of fused-ring (bicyclic) bond motifs is 2. The number of pyridine rings is 1. The quantitative estimate of drug-likeness (QED) is 0.251. The topological polar surface area (TPSA) is 108 Å². The van der Waals surface area contributed by atoms with Crippen LogP contribution in [0.15, 0.2) is 57.7 Å². The maximum Gasteiger partial charge on any atom is 0.243 e. The first-order valence-electron chi connectivity index (χ1n) is 9.60. The molecule has 0 fully saturated rings. The van der Waals surface area contributed by atoms with E-state index in [1.165, 1.54) is 0 Å². The summed E-state index contributed by atoms with van der Waals surface area (Å²) < 4.78 is 5.89. The summed E-state index contributed by atoms with van der Waals surface area (Å²) in [6, 6.07) is 14.8. The zero-order chi connectivity index (χ0) is 20.2. The van der Waals surface area contributed by atoms with Crippen molar-refractivity contribution in [2.75, 3.05) is 0 Å². The molecule has 0 aliphatic heterocycles. The monoisotopic (exact) mass is 391 g/mol. The van der Waals surface area contributed by atoms with Crippen LogP contribution in [-0.4, -0.2) is 21.1 Å². The Morgan fingerprint density at radius 3 is 2.69 bits per heavy atom. The lowest BCUT2D eigenvalue weighted by Gasteiger charge is -2.09. The lowest BCUT2D eigenvalue weighted by Crippen LogP contribution is -2.17. The van der Waals surface area contributed by atoms with Crippen LogP contribution in [0.4, 0.5) is 0 Å². The Labute approximate surface area is 166 Å². The highest BCUT2D eigenvalue weighted by molar-refractivity contribution is 5.84. The summed E-state index contributed by atoms with van der Waals surface area (Å²) in [4.78, 5) is 32.3. The number of nitrogens with zero attached hydrogens (tertiary/aromatic N) is 1. The molecule has 2 aromatic carbocycles. The molecule has 0 saturated heterocycles. The van der Waals surface area contributed by atoms with Crippen LogP contribution >= 0.6 is 0 Å². The number of aromatic nitrogens is 2. The Morgan fingerprint density at radius 2 is 1.86 bits per heavy atom. The first-order valence-corrected chi connectivity index (χ1v) is 9.60. The third-order valence-corrected chi connectivity index (χ3v) is 4.95. The van der Waals surface area contributed by atoms with Gasteiger partial charge < -0.3 is 9.40 Å². The van der Waals surface area contributed by atoms with E-state index in [4.69, 9.17) is 9.62 Å². The molecule has 4 aromatic rings. The highest BCUT2D eigenvalue weighted by atomic mass is 16.5. The molecule has 0 aliphatic rings. The fraction of sp³-hybridized carbons (Fsp3) is 0.227. The highest BCUT2D eigenvalue weighted by Gasteiger charge is 2.19. The summed E-state index contributed by atoms with van der Waals surface area (Å²) in [5.74, 6) is -0.0795.